The van der Waals surface area contributed by atoms with Gasteiger partial charge in [-0.25, -0.2) is 4.99 Å². The predicted octanol–water partition coefficient (Wildman–Crippen LogP) is 1.41. The van der Waals surface area contributed by atoms with Gasteiger partial charge in [0.05, 0.1) is 6.54 Å². The highest BCUT2D eigenvalue weighted by Crippen LogP contribution is 2.07. The summed E-state index contributed by atoms with van der Waals surface area (Å²) in [7, 11) is 0. The van der Waals surface area contributed by atoms with E-state index >= 15 is 0 Å². The molecule has 3 heteroatoms. The Balaban J connectivity index is 2.59. The summed E-state index contributed by atoms with van der Waals surface area (Å²) < 4.78 is 0. The van der Waals surface area contributed by atoms with E-state index in [1.54, 1.807) is 0 Å². The molecule has 0 aliphatic heterocycles. The molecule has 0 aliphatic rings. The quantitative estimate of drug-likeness (QED) is 0.558. The van der Waals surface area contributed by atoms with Crippen LogP contribution in [0.15, 0.2) is 29.3 Å². The Morgan fingerprint density at radius 3 is 2.21 bits per heavy atom. The molecule has 0 unspecified atom stereocenters. The fourth-order valence-electron chi connectivity index (χ4n) is 1.28. The lowest BCUT2D eigenvalue weighted by Crippen LogP contribution is -2.22. The van der Waals surface area contributed by atoms with E-state index in [1.165, 1.54) is 12.0 Å². The normalized spacial score (nSPS) is 9.79. The second-order valence-corrected chi connectivity index (χ2v) is 3.31. The van der Waals surface area contributed by atoms with Crippen molar-refractivity contribution in [3.05, 3.63) is 35.4 Å². The topological polar surface area (TPSA) is 64.4 Å². The van der Waals surface area contributed by atoms with Crippen LogP contribution in [0.3, 0.4) is 0 Å². The van der Waals surface area contributed by atoms with Crippen LogP contribution in [0.25, 0.3) is 0 Å². The summed E-state index contributed by atoms with van der Waals surface area (Å²) in [5.41, 5.74) is 13.0. The predicted molar refractivity (Wildman–Crippen MR) is 60.0 cm³/mol. The number of aryl methyl sites for hydroxylation is 1. The van der Waals surface area contributed by atoms with Crippen LogP contribution in [0.2, 0.25) is 0 Å². The van der Waals surface area contributed by atoms with Gasteiger partial charge in [0.25, 0.3) is 0 Å². The number of hydrogen-bond acceptors (Lipinski definition) is 1. The van der Waals surface area contributed by atoms with Crippen LogP contribution in [-0.2, 0) is 13.0 Å². The van der Waals surface area contributed by atoms with Gasteiger partial charge in [0.1, 0.15) is 0 Å². The molecule has 4 N–H and O–H groups in total. The maximum Gasteiger partial charge on any atom is 0.186 e. The lowest BCUT2D eigenvalue weighted by Gasteiger charge is -2.00. The minimum Gasteiger partial charge on any atom is -0.370 e. The Hall–Kier alpha value is -1.51. The molecule has 0 aromatic heterocycles. The van der Waals surface area contributed by atoms with E-state index in [1.807, 2.05) is 0 Å². The molecule has 0 fully saturated rings. The van der Waals surface area contributed by atoms with E-state index in [0.29, 0.717) is 6.54 Å². The molecular weight excluding hydrogens is 174 g/mol. The molecule has 0 heterocycles. The largest absolute Gasteiger partial charge is 0.370 e. The second kappa shape index (κ2) is 5.27. The molecule has 0 atom stereocenters. The fraction of sp³-hybridized carbons (Fsp3) is 0.364. The number of nitrogens with zero attached hydrogens (tertiary/aromatic N) is 1. The lowest BCUT2D eigenvalue weighted by molar-refractivity contribution is 0.919. The zero-order chi connectivity index (χ0) is 10.4. The third-order valence-electron chi connectivity index (χ3n) is 2.01. The molecule has 3 nitrogen and oxygen atoms in total. The molecule has 1 aromatic carbocycles. The highest BCUT2D eigenvalue weighted by Gasteiger charge is 1.93. The van der Waals surface area contributed by atoms with E-state index in [4.69, 9.17) is 11.5 Å². The first kappa shape index (κ1) is 10.6. The monoisotopic (exact) mass is 191 g/mol. The first-order valence-corrected chi connectivity index (χ1v) is 4.85. The van der Waals surface area contributed by atoms with Gasteiger partial charge in [-0.1, -0.05) is 37.6 Å². The smallest absolute Gasteiger partial charge is 0.186 e. The van der Waals surface area contributed by atoms with Gasteiger partial charge in [0.15, 0.2) is 5.96 Å². The third kappa shape index (κ3) is 3.47. The van der Waals surface area contributed by atoms with Gasteiger partial charge >= 0.3 is 0 Å². The first-order valence-electron chi connectivity index (χ1n) is 4.85. The van der Waals surface area contributed by atoms with Gasteiger partial charge in [-0.05, 0) is 17.5 Å². The Bertz CT molecular complexity index is 297. The minimum absolute atomic E-state index is 0.141. The molecule has 0 aliphatic carbocycles. The highest BCUT2D eigenvalue weighted by atomic mass is 15.0. The molecular formula is C11H17N3. The van der Waals surface area contributed by atoms with Crippen molar-refractivity contribution >= 4 is 5.96 Å². The molecule has 1 aromatic rings. The van der Waals surface area contributed by atoms with Crippen molar-refractivity contribution in [3.63, 3.8) is 0 Å². The van der Waals surface area contributed by atoms with Crippen molar-refractivity contribution in [1.29, 1.82) is 0 Å². The fourth-order valence-corrected chi connectivity index (χ4v) is 1.28. The van der Waals surface area contributed by atoms with Crippen LogP contribution in [0.1, 0.15) is 24.5 Å². The van der Waals surface area contributed by atoms with E-state index in [0.717, 1.165) is 12.0 Å². The molecule has 0 spiro atoms. The summed E-state index contributed by atoms with van der Waals surface area (Å²) in [4.78, 5) is 3.94. The van der Waals surface area contributed by atoms with E-state index < -0.39 is 0 Å². The minimum atomic E-state index is 0.141. The van der Waals surface area contributed by atoms with E-state index in [9.17, 15) is 0 Å². The lowest BCUT2D eigenvalue weighted by atomic mass is 10.1. The average Bonchev–Trinajstić information content (AvgIpc) is 2.17. The molecule has 0 bridgehead atoms. The second-order valence-electron chi connectivity index (χ2n) is 3.31. The van der Waals surface area contributed by atoms with Crippen LogP contribution in [0.4, 0.5) is 0 Å². The highest BCUT2D eigenvalue weighted by molar-refractivity contribution is 5.75. The number of hydrogen-bond donors (Lipinski definition) is 2. The van der Waals surface area contributed by atoms with Crippen LogP contribution < -0.4 is 11.5 Å². The van der Waals surface area contributed by atoms with Gasteiger partial charge in [-0.2, -0.15) is 0 Å². The van der Waals surface area contributed by atoms with Gasteiger partial charge in [0.2, 0.25) is 0 Å². The van der Waals surface area contributed by atoms with Crippen LogP contribution in [0, 0.1) is 0 Å². The van der Waals surface area contributed by atoms with Gasteiger partial charge in [-0.3, -0.25) is 0 Å². The van der Waals surface area contributed by atoms with Crippen molar-refractivity contribution in [2.24, 2.45) is 16.5 Å². The number of aliphatic imine (C=N–C) groups is 1. The van der Waals surface area contributed by atoms with Crippen molar-refractivity contribution in [2.75, 3.05) is 0 Å². The zero-order valence-electron chi connectivity index (χ0n) is 8.53. The van der Waals surface area contributed by atoms with Crippen molar-refractivity contribution in [3.8, 4) is 0 Å². The third-order valence-corrected chi connectivity index (χ3v) is 2.01. The van der Waals surface area contributed by atoms with E-state index in [-0.39, 0.29) is 5.96 Å². The van der Waals surface area contributed by atoms with Gasteiger partial charge in [0, 0.05) is 0 Å². The van der Waals surface area contributed by atoms with Crippen molar-refractivity contribution in [2.45, 2.75) is 26.3 Å². The molecule has 0 saturated heterocycles. The zero-order valence-corrected chi connectivity index (χ0v) is 8.53. The van der Waals surface area contributed by atoms with Crippen LogP contribution in [-0.4, -0.2) is 5.96 Å². The molecule has 1 rings (SSSR count). The molecule has 14 heavy (non-hydrogen) atoms. The maximum atomic E-state index is 5.25. The summed E-state index contributed by atoms with van der Waals surface area (Å²) in [6.07, 6.45) is 2.30. The Morgan fingerprint density at radius 2 is 1.71 bits per heavy atom. The van der Waals surface area contributed by atoms with Crippen LogP contribution >= 0.6 is 0 Å². The van der Waals surface area contributed by atoms with Gasteiger partial charge < -0.3 is 11.5 Å². The summed E-state index contributed by atoms with van der Waals surface area (Å²) in [5, 5.41) is 0. The summed E-state index contributed by atoms with van der Waals surface area (Å²) in [6, 6.07) is 8.39. The summed E-state index contributed by atoms with van der Waals surface area (Å²) in [6.45, 7) is 2.74. The average molecular weight is 191 g/mol. The SMILES string of the molecule is CCCc1ccc(CN=C(N)N)cc1. The van der Waals surface area contributed by atoms with Gasteiger partial charge in [-0.15, -0.1) is 0 Å². The number of benzene rings is 1. The molecule has 0 amide bonds. The molecule has 0 radical (unpaired) electrons. The number of rotatable bonds is 4. The number of nitrogens with two attached hydrogens (primary N) is 2. The first-order chi connectivity index (χ1) is 6.72. The summed E-state index contributed by atoms with van der Waals surface area (Å²) in [5.74, 6) is 0.141. The molecule has 76 valence electrons. The maximum absolute atomic E-state index is 5.25. The van der Waals surface area contributed by atoms with Crippen molar-refractivity contribution in [1.82, 2.24) is 0 Å². The Kier molecular flexibility index (Phi) is 3.98. The Labute approximate surface area is 84.8 Å². The van der Waals surface area contributed by atoms with Crippen LogP contribution in [0.5, 0.6) is 0 Å². The van der Waals surface area contributed by atoms with Crippen molar-refractivity contribution < 1.29 is 0 Å². The summed E-state index contributed by atoms with van der Waals surface area (Å²) >= 11 is 0. The number of guanidine groups is 1. The standard InChI is InChI=1S/C11H17N3/c1-2-3-9-4-6-10(7-5-9)8-14-11(12)13/h4-7H,2-3,8H2,1H3,(H4,12,13,14). The Morgan fingerprint density at radius 1 is 1.14 bits per heavy atom. The van der Waals surface area contributed by atoms with E-state index in [2.05, 4.69) is 36.2 Å². The molecule has 0 saturated carbocycles.